The van der Waals surface area contributed by atoms with Crippen LogP contribution in [0.15, 0.2) is 5.10 Å². The van der Waals surface area contributed by atoms with E-state index in [0.29, 0.717) is 5.21 Å². The molecule has 0 rings (SSSR count). The van der Waals surface area contributed by atoms with Gasteiger partial charge in [0, 0.05) is 13.6 Å². The highest BCUT2D eigenvalue weighted by Gasteiger charge is 1.91. The molecule has 0 saturated heterocycles. The topological polar surface area (TPSA) is 15.6 Å². The molecule has 10 heavy (non-hydrogen) atoms. The van der Waals surface area contributed by atoms with Crippen molar-refractivity contribution < 1.29 is 0 Å². The van der Waals surface area contributed by atoms with Gasteiger partial charge >= 0.3 is 0 Å². The van der Waals surface area contributed by atoms with Crippen LogP contribution in [0.2, 0.25) is 0 Å². The van der Waals surface area contributed by atoms with E-state index in [1.54, 1.807) is 11.8 Å². The molecule has 0 atom stereocenters. The highest BCUT2D eigenvalue weighted by molar-refractivity contribution is 8.14. The van der Waals surface area contributed by atoms with Crippen molar-refractivity contribution in [2.75, 3.05) is 18.8 Å². The van der Waals surface area contributed by atoms with E-state index in [1.165, 1.54) is 0 Å². The summed E-state index contributed by atoms with van der Waals surface area (Å²) in [5.74, 6) is 0. The number of alkyl halides is 1. The van der Waals surface area contributed by atoms with Gasteiger partial charge in [0.15, 0.2) is 0 Å². The molecule has 0 aliphatic heterocycles. The van der Waals surface area contributed by atoms with E-state index in [-0.39, 0.29) is 0 Å². The van der Waals surface area contributed by atoms with Crippen LogP contribution in [0.5, 0.6) is 0 Å². The highest BCUT2D eigenvalue weighted by Crippen LogP contribution is 2.05. The van der Waals surface area contributed by atoms with Gasteiger partial charge in [-0.1, -0.05) is 11.8 Å². The van der Waals surface area contributed by atoms with Crippen LogP contribution in [0, 0.1) is 0 Å². The zero-order valence-electron chi connectivity index (χ0n) is 6.59. The second-order valence-electron chi connectivity index (χ2n) is 1.85. The summed E-state index contributed by atoms with van der Waals surface area (Å²) in [6, 6.07) is 0. The van der Waals surface area contributed by atoms with E-state index in [1.807, 2.05) is 19.0 Å². The SMILES string of the molecule is CCN(C)/N=C(/C)SCCl. The third-order valence-electron chi connectivity index (χ3n) is 1.03. The number of rotatable bonds is 3. The van der Waals surface area contributed by atoms with E-state index in [9.17, 15) is 0 Å². The summed E-state index contributed by atoms with van der Waals surface area (Å²) in [6.45, 7) is 4.95. The van der Waals surface area contributed by atoms with E-state index >= 15 is 0 Å². The summed E-state index contributed by atoms with van der Waals surface area (Å²) in [5, 5.41) is 7.69. The van der Waals surface area contributed by atoms with Crippen LogP contribution in [-0.2, 0) is 0 Å². The van der Waals surface area contributed by atoms with Gasteiger partial charge in [-0.3, -0.25) is 5.01 Å². The Balaban J connectivity index is 3.65. The van der Waals surface area contributed by atoms with Gasteiger partial charge in [0.25, 0.3) is 0 Å². The standard InChI is InChI=1S/C6H13ClN2S/c1-4-9(3)8-6(2)10-5-7/h4-5H2,1-3H3/b8-6-. The number of hydrazone groups is 1. The predicted molar refractivity (Wildman–Crippen MR) is 49.7 cm³/mol. The van der Waals surface area contributed by atoms with E-state index in [0.717, 1.165) is 11.6 Å². The quantitative estimate of drug-likeness (QED) is 0.287. The molecule has 60 valence electrons. The van der Waals surface area contributed by atoms with Crippen molar-refractivity contribution in [3.8, 4) is 0 Å². The monoisotopic (exact) mass is 180 g/mol. The Kier molecular flexibility index (Phi) is 5.93. The highest BCUT2D eigenvalue weighted by atomic mass is 35.5. The van der Waals surface area contributed by atoms with Crippen LogP contribution < -0.4 is 0 Å². The Morgan fingerprint density at radius 1 is 1.70 bits per heavy atom. The van der Waals surface area contributed by atoms with Crippen molar-refractivity contribution in [3.05, 3.63) is 0 Å². The van der Waals surface area contributed by atoms with Gasteiger partial charge in [-0.25, -0.2) is 0 Å². The van der Waals surface area contributed by atoms with Gasteiger partial charge in [0.1, 0.15) is 0 Å². The lowest BCUT2D eigenvalue weighted by Gasteiger charge is -2.09. The van der Waals surface area contributed by atoms with E-state index in [2.05, 4.69) is 12.0 Å². The molecule has 0 unspecified atom stereocenters. The Hall–Kier alpha value is 0.110. The van der Waals surface area contributed by atoms with Gasteiger partial charge in [0.2, 0.25) is 0 Å². The first kappa shape index (κ1) is 10.1. The lowest BCUT2D eigenvalue weighted by atomic mass is 10.7. The van der Waals surface area contributed by atoms with Crippen molar-refractivity contribution in [1.82, 2.24) is 5.01 Å². The van der Waals surface area contributed by atoms with Crippen LogP contribution in [0.1, 0.15) is 13.8 Å². The minimum absolute atomic E-state index is 0.576. The first-order chi connectivity index (χ1) is 4.70. The number of hydrogen-bond acceptors (Lipinski definition) is 3. The van der Waals surface area contributed by atoms with Crippen molar-refractivity contribution in [2.24, 2.45) is 5.10 Å². The summed E-state index contributed by atoms with van der Waals surface area (Å²) < 4.78 is 0. The Morgan fingerprint density at radius 2 is 2.30 bits per heavy atom. The molecule has 0 aliphatic carbocycles. The molecule has 0 spiro atoms. The third-order valence-corrected chi connectivity index (χ3v) is 1.97. The molecule has 2 nitrogen and oxygen atoms in total. The Morgan fingerprint density at radius 3 is 2.70 bits per heavy atom. The zero-order chi connectivity index (χ0) is 7.98. The smallest absolute Gasteiger partial charge is 0.0914 e. The van der Waals surface area contributed by atoms with Crippen LogP contribution in [0.25, 0.3) is 0 Å². The van der Waals surface area contributed by atoms with Gasteiger partial charge in [-0.2, -0.15) is 5.10 Å². The minimum atomic E-state index is 0.576. The van der Waals surface area contributed by atoms with Gasteiger partial charge in [-0.15, -0.1) is 11.6 Å². The number of thioether (sulfide) groups is 1. The fourth-order valence-corrected chi connectivity index (χ4v) is 1.25. The summed E-state index contributed by atoms with van der Waals surface area (Å²) in [4.78, 5) is 0. The second-order valence-corrected chi connectivity index (χ2v) is 3.60. The summed E-state index contributed by atoms with van der Waals surface area (Å²) in [6.07, 6.45) is 0. The van der Waals surface area contributed by atoms with Crippen molar-refractivity contribution >= 4 is 28.4 Å². The lowest BCUT2D eigenvalue weighted by Crippen LogP contribution is -2.10. The molecule has 0 aromatic heterocycles. The van der Waals surface area contributed by atoms with E-state index < -0.39 is 0 Å². The maximum absolute atomic E-state index is 5.49. The number of nitrogens with zero attached hydrogens (tertiary/aromatic N) is 2. The molecular weight excluding hydrogens is 168 g/mol. The molecule has 0 bridgehead atoms. The average Bonchev–Trinajstić information content (AvgIpc) is 1.88. The molecule has 0 saturated carbocycles. The number of halogens is 1. The zero-order valence-corrected chi connectivity index (χ0v) is 8.17. The van der Waals surface area contributed by atoms with Gasteiger partial charge in [-0.05, 0) is 13.8 Å². The molecule has 0 heterocycles. The molecule has 0 N–H and O–H groups in total. The second kappa shape index (κ2) is 5.86. The van der Waals surface area contributed by atoms with Crippen LogP contribution in [0.3, 0.4) is 0 Å². The fraction of sp³-hybridized carbons (Fsp3) is 0.833. The van der Waals surface area contributed by atoms with Crippen molar-refractivity contribution in [3.63, 3.8) is 0 Å². The maximum atomic E-state index is 5.49. The van der Waals surface area contributed by atoms with Crippen molar-refractivity contribution in [2.45, 2.75) is 13.8 Å². The molecule has 4 heteroatoms. The molecule has 0 fully saturated rings. The van der Waals surface area contributed by atoms with Crippen LogP contribution >= 0.6 is 23.4 Å². The van der Waals surface area contributed by atoms with E-state index in [4.69, 9.17) is 11.6 Å². The Labute approximate surface area is 71.6 Å². The molecule has 0 aromatic carbocycles. The third kappa shape index (κ3) is 4.94. The normalized spacial score (nSPS) is 11.8. The molecule has 0 aliphatic rings. The summed E-state index contributed by atoms with van der Waals surface area (Å²) in [5.41, 5.74) is 0. The van der Waals surface area contributed by atoms with Gasteiger partial charge < -0.3 is 0 Å². The maximum Gasteiger partial charge on any atom is 0.0914 e. The lowest BCUT2D eigenvalue weighted by molar-refractivity contribution is 0.376. The summed E-state index contributed by atoms with van der Waals surface area (Å²) >= 11 is 7.04. The largest absolute Gasteiger partial charge is 0.300 e. The van der Waals surface area contributed by atoms with Crippen LogP contribution in [-0.4, -0.2) is 28.9 Å². The molecule has 0 aromatic rings. The minimum Gasteiger partial charge on any atom is -0.300 e. The molecule has 0 amide bonds. The van der Waals surface area contributed by atoms with Crippen LogP contribution in [0.4, 0.5) is 0 Å². The summed E-state index contributed by atoms with van der Waals surface area (Å²) in [7, 11) is 1.94. The molecule has 0 radical (unpaired) electrons. The first-order valence-electron chi connectivity index (χ1n) is 3.15. The van der Waals surface area contributed by atoms with Gasteiger partial charge in [0.05, 0.1) is 10.3 Å². The fourth-order valence-electron chi connectivity index (χ4n) is 0.419. The van der Waals surface area contributed by atoms with Crippen molar-refractivity contribution in [1.29, 1.82) is 0 Å². The Bertz CT molecular complexity index is 116. The average molecular weight is 181 g/mol. The molecular formula is C6H13ClN2S. The predicted octanol–water partition coefficient (Wildman–Crippen LogP) is 2.20. The first-order valence-corrected chi connectivity index (χ1v) is 4.67. The number of hydrogen-bond donors (Lipinski definition) is 0.